The fourth-order valence-corrected chi connectivity index (χ4v) is 2.96. The summed E-state index contributed by atoms with van der Waals surface area (Å²) in [5.41, 5.74) is 2.85. The van der Waals surface area contributed by atoms with E-state index in [-0.39, 0.29) is 0 Å². The fourth-order valence-electron chi connectivity index (χ4n) is 2.96. The largest absolute Gasteiger partial charge is 0.493 e. The number of hydrogen-bond acceptors (Lipinski definition) is 2. The predicted molar refractivity (Wildman–Crippen MR) is 85.5 cm³/mol. The Morgan fingerprint density at radius 3 is 2.90 bits per heavy atom. The summed E-state index contributed by atoms with van der Waals surface area (Å²) < 4.78 is 5.57. The molecular formula is C18H29NO. The smallest absolute Gasteiger partial charge is 0.122 e. The third-order valence-corrected chi connectivity index (χ3v) is 3.97. The molecule has 1 N–H and O–H groups in total. The maximum Gasteiger partial charge on any atom is 0.122 e. The van der Waals surface area contributed by atoms with Crippen LogP contribution in [0.15, 0.2) is 18.2 Å². The zero-order valence-electron chi connectivity index (χ0n) is 13.2. The van der Waals surface area contributed by atoms with Gasteiger partial charge in [-0.1, -0.05) is 32.9 Å². The van der Waals surface area contributed by atoms with E-state index < -0.39 is 0 Å². The SMILES string of the molecule is CCCNC(CCc1ccc2c(c1)CCO2)CC(C)C. The van der Waals surface area contributed by atoms with Gasteiger partial charge in [-0.3, -0.25) is 0 Å². The van der Waals surface area contributed by atoms with Gasteiger partial charge in [-0.05, 0) is 55.3 Å². The van der Waals surface area contributed by atoms with Gasteiger partial charge in [-0.15, -0.1) is 0 Å². The predicted octanol–water partition coefficient (Wildman–Crippen LogP) is 3.97. The van der Waals surface area contributed by atoms with Crippen LogP contribution in [-0.4, -0.2) is 19.2 Å². The number of fused-ring (bicyclic) bond motifs is 1. The van der Waals surface area contributed by atoms with Crippen molar-refractivity contribution in [2.75, 3.05) is 13.2 Å². The van der Waals surface area contributed by atoms with Gasteiger partial charge in [0.2, 0.25) is 0 Å². The standard InChI is InChI=1S/C18H29NO/c1-4-10-19-17(12-14(2)3)7-5-15-6-8-18-16(13-15)9-11-20-18/h6,8,13-14,17,19H,4-5,7,9-12H2,1-3H3. The summed E-state index contributed by atoms with van der Waals surface area (Å²) in [6.07, 6.45) is 5.96. The maximum absolute atomic E-state index is 5.57. The van der Waals surface area contributed by atoms with Crippen LogP contribution in [0.5, 0.6) is 5.75 Å². The van der Waals surface area contributed by atoms with Crippen LogP contribution in [0.25, 0.3) is 0 Å². The molecule has 0 radical (unpaired) electrons. The molecule has 1 unspecified atom stereocenters. The molecule has 2 nitrogen and oxygen atoms in total. The molecule has 2 heteroatoms. The van der Waals surface area contributed by atoms with Gasteiger partial charge in [-0.2, -0.15) is 0 Å². The van der Waals surface area contributed by atoms with Crippen LogP contribution in [0, 0.1) is 5.92 Å². The van der Waals surface area contributed by atoms with Crippen LogP contribution in [0.4, 0.5) is 0 Å². The molecule has 1 heterocycles. The van der Waals surface area contributed by atoms with Gasteiger partial charge >= 0.3 is 0 Å². The minimum atomic E-state index is 0.652. The van der Waals surface area contributed by atoms with Crippen molar-refractivity contribution in [3.8, 4) is 5.75 Å². The van der Waals surface area contributed by atoms with Crippen LogP contribution in [0.3, 0.4) is 0 Å². The molecule has 1 aromatic rings. The Balaban J connectivity index is 1.87. The highest BCUT2D eigenvalue weighted by Gasteiger charge is 2.14. The first-order valence-corrected chi connectivity index (χ1v) is 8.17. The minimum Gasteiger partial charge on any atom is -0.493 e. The molecule has 0 aromatic heterocycles. The Morgan fingerprint density at radius 2 is 2.15 bits per heavy atom. The van der Waals surface area contributed by atoms with Gasteiger partial charge in [0, 0.05) is 12.5 Å². The van der Waals surface area contributed by atoms with E-state index in [0.717, 1.165) is 31.2 Å². The molecule has 0 spiro atoms. The molecule has 1 aliphatic heterocycles. The highest BCUT2D eigenvalue weighted by molar-refractivity contribution is 5.39. The number of ether oxygens (including phenoxy) is 1. The normalized spacial score (nSPS) is 15.2. The first-order valence-electron chi connectivity index (χ1n) is 8.17. The molecule has 1 aliphatic rings. The second-order valence-corrected chi connectivity index (χ2v) is 6.36. The lowest BCUT2D eigenvalue weighted by atomic mass is 9.96. The Hall–Kier alpha value is -1.02. The number of hydrogen-bond donors (Lipinski definition) is 1. The fraction of sp³-hybridized carbons (Fsp3) is 0.667. The molecule has 0 aliphatic carbocycles. The quantitative estimate of drug-likeness (QED) is 0.775. The molecule has 0 amide bonds. The van der Waals surface area contributed by atoms with Crippen molar-refractivity contribution in [2.45, 2.75) is 58.9 Å². The molecule has 0 saturated carbocycles. The van der Waals surface area contributed by atoms with Gasteiger partial charge in [0.15, 0.2) is 0 Å². The summed E-state index contributed by atoms with van der Waals surface area (Å²) in [5, 5.41) is 3.70. The zero-order chi connectivity index (χ0) is 14.4. The first kappa shape index (κ1) is 15.4. The monoisotopic (exact) mass is 275 g/mol. The van der Waals surface area contributed by atoms with Crippen LogP contribution in [0.2, 0.25) is 0 Å². The molecule has 0 fully saturated rings. The van der Waals surface area contributed by atoms with Gasteiger partial charge in [-0.25, -0.2) is 0 Å². The summed E-state index contributed by atoms with van der Waals surface area (Å²) in [6.45, 7) is 8.85. The highest BCUT2D eigenvalue weighted by Crippen LogP contribution is 2.26. The average molecular weight is 275 g/mol. The van der Waals surface area contributed by atoms with Crippen molar-refractivity contribution >= 4 is 0 Å². The van der Waals surface area contributed by atoms with E-state index in [2.05, 4.69) is 44.3 Å². The van der Waals surface area contributed by atoms with Crippen molar-refractivity contribution in [1.29, 1.82) is 0 Å². The second-order valence-electron chi connectivity index (χ2n) is 6.36. The third-order valence-electron chi connectivity index (χ3n) is 3.97. The molecule has 2 rings (SSSR count). The van der Waals surface area contributed by atoms with E-state index in [1.54, 1.807) is 0 Å². The molecular weight excluding hydrogens is 246 g/mol. The van der Waals surface area contributed by atoms with E-state index in [0.29, 0.717) is 6.04 Å². The first-order chi connectivity index (χ1) is 9.69. The number of nitrogens with one attached hydrogen (secondary N) is 1. The summed E-state index contributed by atoms with van der Waals surface area (Å²) in [6, 6.07) is 7.37. The molecule has 112 valence electrons. The lowest BCUT2D eigenvalue weighted by Gasteiger charge is -2.20. The van der Waals surface area contributed by atoms with Gasteiger partial charge in [0.25, 0.3) is 0 Å². The zero-order valence-corrected chi connectivity index (χ0v) is 13.2. The lowest BCUT2D eigenvalue weighted by molar-refractivity contribution is 0.357. The van der Waals surface area contributed by atoms with E-state index in [1.807, 2.05) is 0 Å². The van der Waals surface area contributed by atoms with E-state index in [9.17, 15) is 0 Å². The minimum absolute atomic E-state index is 0.652. The van der Waals surface area contributed by atoms with Crippen molar-refractivity contribution in [1.82, 2.24) is 5.32 Å². The van der Waals surface area contributed by atoms with Crippen molar-refractivity contribution < 1.29 is 4.74 Å². The van der Waals surface area contributed by atoms with E-state index in [1.165, 1.54) is 36.8 Å². The second kappa shape index (κ2) is 7.68. The summed E-state index contributed by atoms with van der Waals surface area (Å²) >= 11 is 0. The van der Waals surface area contributed by atoms with E-state index in [4.69, 9.17) is 4.74 Å². The molecule has 1 atom stereocenters. The third kappa shape index (κ3) is 4.52. The van der Waals surface area contributed by atoms with Crippen LogP contribution in [0.1, 0.15) is 51.2 Å². The van der Waals surface area contributed by atoms with Gasteiger partial charge in [0.1, 0.15) is 5.75 Å². The lowest BCUT2D eigenvalue weighted by Crippen LogP contribution is -2.31. The molecule has 0 saturated heterocycles. The Morgan fingerprint density at radius 1 is 1.30 bits per heavy atom. The Labute approximate surface area is 123 Å². The van der Waals surface area contributed by atoms with Gasteiger partial charge < -0.3 is 10.1 Å². The van der Waals surface area contributed by atoms with Crippen molar-refractivity contribution in [2.24, 2.45) is 5.92 Å². The summed E-state index contributed by atoms with van der Waals surface area (Å²) in [7, 11) is 0. The van der Waals surface area contributed by atoms with Crippen molar-refractivity contribution in [3.05, 3.63) is 29.3 Å². The number of aryl methyl sites for hydroxylation is 1. The van der Waals surface area contributed by atoms with Crippen LogP contribution >= 0.6 is 0 Å². The summed E-state index contributed by atoms with van der Waals surface area (Å²) in [5.74, 6) is 1.86. The Kier molecular flexibility index (Phi) is 5.90. The van der Waals surface area contributed by atoms with Crippen molar-refractivity contribution in [3.63, 3.8) is 0 Å². The van der Waals surface area contributed by atoms with E-state index >= 15 is 0 Å². The van der Waals surface area contributed by atoms with Crippen LogP contribution in [-0.2, 0) is 12.8 Å². The highest BCUT2D eigenvalue weighted by atomic mass is 16.5. The molecule has 0 bridgehead atoms. The van der Waals surface area contributed by atoms with Crippen LogP contribution < -0.4 is 10.1 Å². The number of benzene rings is 1. The Bertz CT molecular complexity index is 414. The van der Waals surface area contributed by atoms with Gasteiger partial charge in [0.05, 0.1) is 6.61 Å². The molecule has 20 heavy (non-hydrogen) atoms. The topological polar surface area (TPSA) is 21.3 Å². The number of rotatable bonds is 8. The maximum atomic E-state index is 5.57. The average Bonchev–Trinajstić information content (AvgIpc) is 2.88. The summed E-state index contributed by atoms with van der Waals surface area (Å²) in [4.78, 5) is 0. The molecule has 1 aromatic carbocycles.